The van der Waals surface area contributed by atoms with Gasteiger partial charge in [0.05, 0.1) is 5.92 Å². The summed E-state index contributed by atoms with van der Waals surface area (Å²) in [5.41, 5.74) is 2.33. The van der Waals surface area contributed by atoms with Gasteiger partial charge in [-0.15, -0.1) is 0 Å². The lowest BCUT2D eigenvalue weighted by atomic mass is 10.1. The van der Waals surface area contributed by atoms with Gasteiger partial charge in [-0.1, -0.05) is 5.16 Å². The van der Waals surface area contributed by atoms with Crippen molar-refractivity contribution in [2.24, 2.45) is 0 Å². The van der Waals surface area contributed by atoms with E-state index < -0.39 is 0 Å². The van der Waals surface area contributed by atoms with Crippen molar-refractivity contribution in [1.82, 2.24) is 20.0 Å². The van der Waals surface area contributed by atoms with Crippen molar-refractivity contribution in [2.45, 2.75) is 18.9 Å². The number of nitrogens with zero attached hydrogens (tertiary/aromatic N) is 4. The Kier molecular flexibility index (Phi) is 3.70. The van der Waals surface area contributed by atoms with Gasteiger partial charge in [0.2, 0.25) is 11.7 Å². The molecule has 22 heavy (non-hydrogen) atoms. The summed E-state index contributed by atoms with van der Waals surface area (Å²) in [5.74, 6) is 1.73. The van der Waals surface area contributed by atoms with E-state index in [1.54, 1.807) is 23.7 Å². The molecule has 0 radical (unpaired) electrons. The molecule has 0 aromatic carbocycles. The molecule has 112 valence electrons. The fourth-order valence-electron chi connectivity index (χ4n) is 2.84. The van der Waals surface area contributed by atoms with Gasteiger partial charge < -0.3 is 4.52 Å². The van der Waals surface area contributed by atoms with Gasteiger partial charge in [-0.05, 0) is 47.5 Å². The van der Waals surface area contributed by atoms with Crippen LogP contribution in [0.25, 0.3) is 11.4 Å². The molecule has 1 aliphatic heterocycles. The number of hydrogen-bond acceptors (Lipinski definition) is 6. The van der Waals surface area contributed by atoms with Crippen molar-refractivity contribution < 1.29 is 4.52 Å². The summed E-state index contributed by atoms with van der Waals surface area (Å²) in [6.45, 7) is 3.06. The molecular formula is C16H16N4OS. The Labute approximate surface area is 132 Å². The summed E-state index contributed by atoms with van der Waals surface area (Å²) in [6.07, 6.45) is 4.55. The maximum Gasteiger partial charge on any atom is 0.231 e. The van der Waals surface area contributed by atoms with Crippen LogP contribution in [0, 0.1) is 0 Å². The number of thiophene rings is 1. The summed E-state index contributed by atoms with van der Waals surface area (Å²) < 4.78 is 5.48. The van der Waals surface area contributed by atoms with E-state index in [-0.39, 0.29) is 0 Å². The van der Waals surface area contributed by atoms with Gasteiger partial charge in [0.1, 0.15) is 0 Å². The highest BCUT2D eigenvalue weighted by molar-refractivity contribution is 7.07. The van der Waals surface area contributed by atoms with E-state index in [0.29, 0.717) is 11.7 Å². The Hall–Kier alpha value is -2.05. The molecule has 1 atom stereocenters. The topological polar surface area (TPSA) is 55.1 Å². The lowest BCUT2D eigenvalue weighted by molar-refractivity contribution is 0.309. The van der Waals surface area contributed by atoms with E-state index in [2.05, 4.69) is 36.9 Å². The van der Waals surface area contributed by atoms with Crippen LogP contribution in [0.5, 0.6) is 0 Å². The summed E-state index contributed by atoms with van der Waals surface area (Å²) in [5, 5.41) is 8.44. The summed E-state index contributed by atoms with van der Waals surface area (Å²) in [6, 6.07) is 5.98. The molecule has 1 aliphatic rings. The normalized spacial score (nSPS) is 18.8. The van der Waals surface area contributed by atoms with Crippen molar-refractivity contribution in [3.63, 3.8) is 0 Å². The third-order valence-electron chi connectivity index (χ3n) is 3.99. The van der Waals surface area contributed by atoms with Crippen molar-refractivity contribution >= 4 is 11.3 Å². The van der Waals surface area contributed by atoms with Gasteiger partial charge in [0.25, 0.3) is 0 Å². The molecule has 4 heterocycles. The van der Waals surface area contributed by atoms with Gasteiger partial charge in [-0.25, -0.2) is 0 Å². The Balaban J connectivity index is 1.44. The van der Waals surface area contributed by atoms with Gasteiger partial charge >= 0.3 is 0 Å². The van der Waals surface area contributed by atoms with Crippen LogP contribution in [-0.4, -0.2) is 33.1 Å². The standard InChI is InChI=1S/C16H16N4OS/c1-5-17-6-2-13(1)15-18-16(21-19-15)14-3-7-20(10-14)9-12-4-8-22-11-12/h1-2,4-6,8,11,14H,3,7,9-10H2. The molecule has 0 saturated carbocycles. The van der Waals surface area contributed by atoms with Gasteiger partial charge in [0.15, 0.2) is 0 Å². The first kappa shape index (κ1) is 13.6. The summed E-state index contributed by atoms with van der Waals surface area (Å²) in [4.78, 5) is 11.0. The van der Waals surface area contributed by atoms with Crippen molar-refractivity contribution in [3.8, 4) is 11.4 Å². The fourth-order valence-corrected chi connectivity index (χ4v) is 3.50. The first-order valence-electron chi connectivity index (χ1n) is 7.36. The van der Waals surface area contributed by atoms with Crippen LogP contribution in [0.1, 0.15) is 23.8 Å². The minimum absolute atomic E-state index is 0.335. The second-order valence-corrected chi connectivity index (χ2v) is 6.32. The van der Waals surface area contributed by atoms with Crippen LogP contribution in [0.4, 0.5) is 0 Å². The largest absolute Gasteiger partial charge is 0.339 e. The average molecular weight is 312 g/mol. The number of hydrogen-bond donors (Lipinski definition) is 0. The molecule has 1 saturated heterocycles. The molecule has 1 unspecified atom stereocenters. The van der Waals surface area contributed by atoms with Gasteiger partial charge in [-0.3, -0.25) is 9.88 Å². The van der Waals surface area contributed by atoms with Crippen molar-refractivity contribution in [2.75, 3.05) is 13.1 Å². The summed E-state index contributed by atoms with van der Waals surface area (Å²) in [7, 11) is 0. The first-order valence-corrected chi connectivity index (χ1v) is 8.30. The summed E-state index contributed by atoms with van der Waals surface area (Å²) >= 11 is 1.75. The van der Waals surface area contributed by atoms with Gasteiger partial charge in [0, 0.05) is 31.0 Å². The number of likely N-dealkylation sites (tertiary alicyclic amines) is 1. The van der Waals surface area contributed by atoms with Crippen LogP contribution in [0.15, 0.2) is 45.9 Å². The smallest absolute Gasteiger partial charge is 0.231 e. The van der Waals surface area contributed by atoms with E-state index in [4.69, 9.17) is 4.52 Å². The van der Waals surface area contributed by atoms with Crippen LogP contribution in [0.2, 0.25) is 0 Å². The molecule has 0 amide bonds. The molecule has 5 nitrogen and oxygen atoms in total. The van der Waals surface area contributed by atoms with E-state index in [1.807, 2.05) is 12.1 Å². The van der Waals surface area contributed by atoms with E-state index in [1.165, 1.54) is 5.56 Å². The lowest BCUT2D eigenvalue weighted by Gasteiger charge is -2.13. The molecule has 0 N–H and O–H groups in total. The van der Waals surface area contributed by atoms with Crippen LogP contribution in [0.3, 0.4) is 0 Å². The number of pyridine rings is 1. The Morgan fingerprint density at radius 3 is 3.00 bits per heavy atom. The predicted molar refractivity (Wildman–Crippen MR) is 84.5 cm³/mol. The molecule has 0 spiro atoms. The van der Waals surface area contributed by atoms with E-state index >= 15 is 0 Å². The first-order chi connectivity index (χ1) is 10.9. The van der Waals surface area contributed by atoms with Crippen molar-refractivity contribution in [3.05, 3.63) is 52.8 Å². The predicted octanol–water partition coefficient (Wildman–Crippen LogP) is 3.18. The molecule has 0 bridgehead atoms. The third kappa shape index (κ3) is 2.80. The highest BCUT2D eigenvalue weighted by atomic mass is 32.1. The average Bonchev–Trinajstić information content (AvgIpc) is 3.30. The second-order valence-electron chi connectivity index (χ2n) is 5.54. The minimum atomic E-state index is 0.335. The fraction of sp³-hybridized carbons (Fsp3) is 0.312. The quantitative estimate of drug-likeness (QED) is 0.740. The zero-order valence-electron chi connectivity index (χ0n) is 12.1. The lowest BCUT2D eigenvalue weighted by Crippen LogP contribution is -2.19. The molecule has 1 fully saturated rings. The highest BCUT2D eigenvalue weighted by Crippen LogP contribution is 2.28. The number of aromatic nitrogens is 3. The Bertz CT molecular complexity index is 726. The molecule has 0 aliphatic carbocycles. The zero-order chi connectivity index (χ0) is 14.8. The van der Waals surface area contributed by atoms with Crippen LogP contribution in [-0.2, 0) is 6.54 Å². The Morgan fingerprint density at radius 1 is 1.27 bits per heavy atom. The maximum absolute atomic E-state index is 5.48. The zero-order valence-corrected chi connectivity index (χ0v) is 12.9. The monoisotopic (exact) mass is 312 g/mol. The van der Waals surface area contributed by atoms with Crippen LogP contribution >= 0.6 is 11.3 Å². The molecular weight excluding hydrogens is 296 g/mol. The minimum Gasteiger partial charge on any atom is -0.339 e. The molecule has 4 rings (SSSR count). The molecule has 3 aromatic heterocycles. The second kappa shape index (κ2) is 5.98. The van der Waals surface area contributed by atoms with E-state index in [0.717, 1.165) is 37.5 Å². The van der Waals surface area contributed by atoms with Crippen LogP contribution < -0.4 is 0 Å². The number of rotatable bonds is 4. The molecule has 3 aromatic rings. The highest BCUT2D eigenvalue weighted by Gasteiger charge is 2.28. The van der Waals surface area contributed by atoms with Crippen molar-refractivity contribution in [1.29, 1.82) is 0 Å². The third-order valence-corrected chi connectivity index (χ3v) is 4.72. The Morgan fingerprint density at radius 2 is 2.18 bits per heavy atom. The van der Waals surface area contributed by atoms with E-state index in [9.17, 15) is 0 Å². The SMILES string of the molecule is c1cc(-c2noc(C3CCN(Cc4ccsc4)C3)n2)ccn1. The maximum atomic E-state index is 5.48. The molecule has 6 heteroatoms. The van der Waals surface area contributed by atoms with Gasteiger partial charge in [-0.2, -0.15) is 16.3 Å².